The maximum Gasteiger partial charge on any atom is 0.339 e. The number of aryl methyl sites for hydroxylation is 2. The number of fused-ring (bicyclic) bond motifs is 1. The van der Waals surface area contributed by atoms with Crippen molar-refractivity contribution in [3.8, 4) is 5.75 Å². The molecule has 1 aromatic heterocycles. The molecule has 0 bridgehead atoms. The van der Waals surface area contributed by atoms with Crippen molar-refractivity contribution < 1.29 is 22.4 Å². The second kappa shape index (κ2) is 10.3. The number of benzene rings is 3. The third kappa shape index (κ3) is 5.51. The van der Waals surface area contributed by atoms with E-state index in [4.69, 9.17) is 20.8 Å². The van der Waals surface area contributed by atoms with Gasteiger partial charge in [0.1, 0.15) is 11.6 Å². The number of nitrogens with one attached hydrogen (secondary N) is 1. The second-order valence-corrected chi connectivity index (χ2v) is 10.6. The first kappa shape index (κ1) is 25.6. The van der Waals surface area contributed by atoms with Gasteiger partial charge in [0.25, 0.3) is 0 Å². The SMILES string of the molecule is Cc1ccc(S(=O)(=O)N[C@@H](Cc2ccccc2)C(=O)Oc2cc3oc(=O)c(C)c(C)c3cc2Cl)cc1. The predicted molar refractivity (Wildman–Crippen MR) is 138 cm³/mol. The van der Waals surface area contributed by atoms with Crippen LogP contribution in [0.3, 0.4) is 0 Å². The maximum absolute atomic E-state index is 13.3. The second-order valence-electron chi connectivity index (χ2n) is 8.52. The van der Waals surface area contributed by atoms with E-state index in [9.17, 15) is 18.0 Å². The highest BCUT2D eigenvalue weighted by Crippen LogP contribution is 2.32. The number of halogens is 1. The fourth-order valence-electron chi connectivity index (χ4n) is 3.70. The van der Waals surface area contributed by atoms with Gasteiger partial charge in [-0.3, -0.25) is 0 Å². The normalized spacial score (nSPS) is 12.4. The lowest BCUT2D eigenvalue weighted by Gasteiger charge is -2.19. The summed E-state index contributed by atoms with van der Waals surface area (Å²) < 4.78 is 39.4. The van der Waals surface area contributed by atoms with Crippen LogP contribution in [0.5, 0.6) is 5.75 Å². The lowest BCUT2D eigenvalue weighted by atomic mass is 10.1. The van der Waals surface area contributed by atoms with E-state index in [0.29, 0.717) is 16.5 Å². The smallest absolute Gasteiger partial charge is 0.339 e. The minimum atomic E-state index is -4.04. The molecule has 1 heterocycles. The molecule has 36 heavy (non-hydrogen) atoms. The summed E-state index contributed by atoms with van der Waals surface area (Å²) in [5, 5.41) is 0.727. The molecule has 7 nitrogen and oxygen atoms in total. The molecule has 4 aromatic rings. The molecule has 0 amide bonds. The van der Waals surface area contributed by atoms with Gasteiger partial charge in [-0.15, -0.1) is 0 Å². The topological polar surface area (TPSA) is 103 Å². The summed E-state index contributed by atoms with van der Waals surface area (Å²) >= 11 is 6.38. The molecule has 1 N–H and O–H groups in total. The monoisotopic (exact) mass is 525 g/mol. The lowest BCUT2D eigenvalue weighted by molar-refractivity contribution is -0.136. The Hall–Kier alpha value is -3.46. The molecule has 0 fully saturated rings. The summed E-state index contributed by atoms with van der Waals surface area (Å²) in [6, 6.07) is 16.9. The summed E-state index contributed by atoms with van der Waals surface area (Å²) in [5.41, 5.74) is 2.48. The van der Waals surface area contributed by atoms with Gasteiger partial charge >= 0.3 is 11.6 Å². The van der Waals surface area contributed by atoms with Gasteiger partial charge in [0.15, 0.2) is 5.75 Å². The minimum Gasteiger partial charge on any atom is -0.424 e. The van der Waals surface area contributed by atoms with Crippen LogP contribution in [0.2, 0.25) is 5.02 Å². The van der Waals surface area contributed by atoms with Gasteiger partial charge in [0, 0.05) is 17.0 Å². The molecular formula is C27H24ClNO6S. The number of ether oxygens (including phenoxy) is 1. The molecule has 0 radical (unpaired) electrons. The summed E-state index contributed by atoms with van der Waals surface area (Å²) in [4.78, 5) is 25.4. The number of sulfonamides is 1. The summed E-state index contributed by atoms with van der Waals surface area (Å²) in [5.74, 6) is -0.907. The van der Waals surface area contributed by atoms with Crippen LogP contribution in [-0.2, 0) is 21.2 Å². The Kier molecular flexibility index (Phi) is 7.31. The molecule has 3 aromatic carbocycles. The summed E-state index contributed by atoms with van der Waals surface area (Å²) in [6.07, 6.45) is 0.0450. The van der Waals surface area contributed by atoms with Crippen molar-refractivity contribution in [1.29, 1.82) is 0 Å². The summed E-state index contributed by atoms with van der Waals surface area (Å²) in [7, 11) is -4.04. The zero-order valence-electron chi connectivity index (χ0n) is 19.9. The zero-order chi connectivity index (χ0) is 26.0. The van der Waals surface area contributed by atoms with Crippen molar-refractivity contribution >= 4 is 38.6 Å². The molecular weight excluding hydrogens is 502 g/mol. The minimum absolute atomic E-state index is 0.0234. The number of hydrogen-bond donors (Lipinski definition) is 1. The van der Waals surface area contributed by atoms with Crippen LogP contribution in [0, 0.1) is 20.8 Å². The van der Waals surface area contributed by atoms with E-state index in [1.165, 1.54) is 18.2 Å². The van der Waals surface area contributed by atoms with Gasteiger partial charge in [-0.2, -0.15) is 4.72 Å². The Bertz CT molecular complexity index is 1600. The first-order valence-electron chi connectivity index (χ1n) is 11.1. The van der Waals surface area contributed by atoms with Crippen molar-refractivity contribution in [2.24, 2.45) is 0 Å². The zero-order valence-corrected chi connectivity index (χ0v) is 21.4. The van der Waals surface area contributed by atoms with Crippen molar-refractivity contribution in [3.05, 3.63) is 104 Å². The average molecular weight is 526 g/mol. The van der Waals surface area contributed by atoms with Gasteiger partial charge in [0.05, 0.1) is 9.92 Å². The predicted octanol–water partition coefficient (Wildman–Crippen LogP) is 4.87. The summed E-state index contributed by atoms with van der Waals surface area (Å²) in [6.45, 7) is 5.26. The van der Waals surface area contributed by atoms with Crippen LogP contribution in [-0.4, -0.2) is 20.4 Å². The van der Waals surface area contributed by atoms with E-state index in [0.717, 1.165) is 11.1 Å². The third-order valence-corrected chi connectivity index (χ3v) is 7.70. The van der Waals surface area contributed by atoms with Crippen LogP contribution in [0.4, 0.5) is 0 Å². The maximum atomic E-state index is 13.3. The van der Waals surface area contributed by atoms with Crippen LogP contribution >= 0.6 is 11.6 Å². The van der Waals surface area contributed by atoms with E-state index in [1.54, 1.807) is 56.3 Å². The van der Waals surface area contributed by atoms with Gasteiger partial charge in [0.2, 0.25) is 10.0 Å². The molecule has 1 atom stereocenters. The standard InChI is InChI=1S/C27H24ClNO6S/c1-16-9-11-20(12-10-16)36(32,33)29-23(13-19-7-5-4-6-8-19)27(31)35-25-15-24-21(14-22(25)28)17(2)18(3)26(30)34-24/h4-12,14-15,23,29H,13H2,1-3H3/t23-/m0/s1. The van der Waals surface area contributed by atoms with Crippen molar-refractivity contribution in [2.75, 3.05) is 0 Å². The van der Waals surface area contributed by atoms with E-state index in [2.05, 4.69) is 4.72 Å². The number of carbonyl (C=O) groups excluding carboxylic acids is 1. The molecule has 186 valence electrons. The molecule has 0 saturated heterocycles. The Morgan fingerprint density at radius 2 is 1.67 bits per heavy atom. The van der Waals surface area contributed by atoms with Gasteiger partial charge in [-0.05, 0) is 56.5 Å². The lowest BCUT2D eigenvalue weighted by Crippen LogP contribution is -2.44. The quantitative estimate of drug-likeness (QED) is 0.210. The van der Waals surface area contributed by atoms with E-state index < -0.39 is 27.7 Å². The molecule has 0 spiro atoms. The number of esters is 1. The number of carbonyl (C=O) groups is 1. The Balaban J connectivity index is 1.67. The van der Waals surface area contributed by atoms with E-state index in [-0.39, 0.29) is 27.7 Å². The van der Waals surface area contributed by atoms with Crippen molar-refractivity contribution in [2.45, 2.75) is 38.1 Å². The molecule has 0 aliphatic rings. The van der Waals surface area contributed by atoms with Crippen LogP contribution in [0.25, 0.3) is 11.0 Å². The van der Waals surface area contributed by atoms with Gasteiger partial charge < -0.3 is 9.15 Å². The fourth-order valence-corrected chi connectivity index (χ4v) is 5.08. The van der Waals surface area contributed by atoms with Gasteiger partial charge in [-0.25, -0.2) is 18.0 Å². The van der Waals surface area contributed by atoms with E-state index in [1.807, 2.05) is 13.0 Å². The molecule has 4 rings (SSSR count). The van der Waals surface area contributed by atoms with Crippen LogP contribution in [0.1, 0.15) is 22.3 Å². The van der Waals surface area contributed by atoms with Crippen LogP contribution < -0.4 is 15.1 Å². The Labute approximate surface area is 213 Å². The highest BCUT2D eigenvalue weighted by atomic mass is 35.5. The Morgan fingerprint density at radius 3 is 2.33 bits per heavy atom. The Morgan fingerprint density at radius 1 is 1.00 bits per heavy atom. The largest absolute Gasteiger partial charge is 0.424 e. The first-order chi connectivity index (χ1) is 17.0. The number of hydrogen-bond acceptors (Lipinski definition) is 6. The van der Waals surface area contributed by atoms with Crippen molar-refractivity contribution in [1.82, 2.24) is 4.72 Å². The first-order valence-corrected chi connectivity index (χ1v) is 13.0. The van der Waals surface area contributed by atoms with E-state index >= 15 is 0 Å². The van der Waals surface area contributed by atoms with Gasteiger partial charge in [-0.1, -0.05) is 59.6 Å². The highest BCUT2D eigenvalue weighted by Gasteiger charge is 2.28. The molecule has 0 saturated carbocycles. The average Bonchev–Trinajstić information content (AvgIpc) is 2.84. The molecule has 0 aliphatic carbocycles. The van der Waals surface area contributed by atoms with Crippen molar-refractivity contribution in [3.63, 3.8) is 0 Å². The molecule has 0 aliphatic heterocycles. The fraction of sp³-hybridized carbons (Fsp3) is 0.185. The highest BCUT2D eigenvalue weighted by molar-refractivity contribution is 7.89. The molecule has 9 heteroatoms. The number of rotatable bonds is 7. The third-order valence-electron chi connectivity index (χ3n) is 5.92. The molecule has 0 unspecified atom stereocenters. The van der Waals surface area contributed by atoms with Crippen LogP contribution in [0.15, 0.2) is 80.8 Å².